The van der Waals surface area contributed by atoms with Crippen LogP contribution >= 0.6 is 21.6 Å². The summed E-state index contributed by atoms with van der Waals surface area (Å²) in [4.78, 5) is 71.6. The Morgan fingerprint density at radius 1 is 0.839 bits per heavy atom. The summed E-state index contributed by atoms with van der Waals surface area (Å²) in [6.07, 6.45) is 1.99. The molecule has 3 aromatic heterocycles. The first-order valence-electron chi connectivity index (χ1n) is 20.0. The van der Waals surface area contributed by atoms with Crippen LogP contribution in [0.3, 0.4) is 0 Å². The molecule has 19 nitrogen and oxygen atoms in total. The fourth-order valence-electron chi connectivity index (χ4n) is 6.52. The molecule has 5 aromatic rings. The number of rotatable bonds is 25. The van der Waals surface area contributed by atoms with Gasteiger partial charge in [-0.2, -0.15) is 5.10 Å². The highest BCUT2D eigenvalue weighted by Gasteiger charge is 2.23. The maximum absolute atomic E-state index is 13.7. The van der Waals surface area contributed by atoms with Crippen molar-refractivity contribution in [2.75, 3.05) is 56.1 Å². The van der Waals surface area contributed by atoms with Crippen molar-refractivity contribution in [3.63, 3.8) is 0 Å². The highest BCUT2D eigenvalue weighted by Crippen LogP contribution is 2.33. The first-order valence-corrected chi connectivity index (χ1v) is 22.5. The molecule has 0 saturated heterocycles. The summed E-state index contributed by atoms with van der Waals surface area (Å²) in [7, 11) is 6.31. The van der Waals surface area contributed by atoms with Crippen molar-refractivity contribution in [1.29, 1.82) is 0 Å². The molecule has 5 rings (SSSR count). The van der Waals surface area contributed by atoms with Crippen LogP contribution in [0.25, 0.3) is 22.1 Å². The fraction of sp³-hybridized carbons (Fsp3) is 0.415. The number of unbranched alkanes of at least 4 members (excludes halogenated alkanes) is 1. The highest BCUT2D eigenvalue weighted by atomic mass is 33.1. The zero-order valence-corrected chi connectivity index (χ0v) is 37.1. The fourth-order valence-corrected chi connectivity index (χ4v) is 8.34. The van der Waals surface area contributed by atoms with Crippen molar-refractivity contribution in [2.24, 2.45) is 11.5 Å². The molecule has 0 spiro atoms. The average molecular weight is 892 g/mol. The first kappa shape index (κ1) is 46.8. The molecule has 0 radical (unpaired) electrons. The Bertz CT molecular complexity index is 2460. The zero-order valence-electron chi connectivity index (χ0n) is 35.5. The molecule has 21 heteroatoms. The number of aromatic nitrogens is 6. The quantitative estimate of drug-likeness (QED) is 0.0231. The van der Waals surface area contributed by atoms with Crippen molar-refractivity contribution in [3.8, 4) is 11.5 Å². The summed E-state index contributed by atoms with van der Waals surface area (Å²) in [6.45, 7) is 11.0. The van der Waals surface area contributed by atoms with Crippen LogP contribution in [-0.4, -0.2) is 104 Å². The van der Waals surface area contributed by atoms with Crippen molar-refractivity contribution in [1.82, 2.24) is 34.2 Å². The Morgan fingerprint density at radius 3 is 2.06 bits per heavy atom. The van der Waals surface area contributed by atoms with Gasteiger partial charge in [0, 0.05) is 67.9 Å². The van der Waals surface area contributed by atoms with E-state index in [1.54, 1.807) is 49.0 Å². The minimum absolute atomic E-state index is 0.109. The number of imidazole rings is 2. The molecule has 0 saturated carbocycles. The molecule has 0 bridgehead atoms. The lowest BCUT2D eigenvalue weighted by atomic mass is 10.1. The third-order valence-electron chi connectivity index (χ3n) is 9.44. The SMILES string of the molecule is C=C(C)C(=O)OCCSSCCC(=O)NCCCOc1cc(C(N)=O)cc2nc(NC(=O)c3cc(C)nn3CC)n(CCCCn3c(NC)nc4cc(C(N)=O)cc(OC)c43)c12. The molecule has 0 fully saturated rings. The number of methoxy groups -OCH3 is 1. The summed E-state index contributed by atoms with van der Waals surface area (Å²) in [6, 6.07) is 8.04. The molecule has 0 atom stereocenters. The van der Waals surface area contributed by atoms with E-state index in [4.69, 9.17) is 30.7 Å². The van der Waals surface area contributed by atoms with Gasteiger partial charge in [0.05, 0.1) is 30.4 Å². The first-order chi connectivity index (χ1) is 29.8. The molecular formula is C41H53N11O8S2. The second-order valence-electron chi connectivity index (χ2n) is 14.1. The number of ether oxygens (including phenoxy) is 3. The normalized spacial score (nSPS) is 11.1. The van der Waals surface area contributed by atoms with Gasteiger partial charge in [0.2, 0.25) is 29.6 Å². The van der Waals surface area contributed by atoms with Gasteiger partial charge in [0.1, 0.15) is 34.8 Å². The Labute approximate surface area is 366 Å². The molecular weight excluding hydrogens is 839 g/mol. The minimum atomic E-state index is -0.679. The average Bonchev–Trinajstić information content (AvgIpc) is 3.92. The summed E-state index contributed by atoms with van der Waals surface area (Å²) in [5.41, 5.74) is 15.3. The lowest BCUT2D eigenvalue weighted by Gasteiger charge is -2.15. The van der Waals surface area contributed by atoms with Gasteiger partial charge in [-0.1, -0.05) is 28.2 Å². The standard InChI is InChI=1S/C41H53N11O8S2/c1-7-52-30(19-25(4)49-52)38(56)48-41-47-29-21-27(37(43)55)23-32(59-15-10-12-45-33(53)11-17-61-62-18-16-60-39(57)24(2)3)35(29)51(41)14-9-8-13-50-34-28(46-40(50)44-5)20-26(36(42)54)22-31(34)58-6/h19-23H,2,7-18H2,1,3-6H3,(H2,42,54)(H2,43,55)(H,44,46)(H,45,53)(H,47,48,56). The van der Waals surface area contributed by atoms with Crippen LogP contribution in [0.5, 0.6) is 11.5 Å². The van der Waals surface area contributed by atoms with E-state index in [9.17, 15) is 24.0 Å². The maximum atomic E-state index is 13.7. The van der Waals surface area contributed by atoms with E-state index in [0.29, 0.717) is 120 Å². The summed E-state index contributed by atoms with van der Waals surface area (Å²) >= 11 is 0. The van der Waals surface area contributed by atoms with Crippen molar-refractivity contribution < 1.29 is 38.2 Å². The molecule has 62 heavy (non-hydrogen) atoms. The Morgan fingerprint density at radius 2 is 1.45 bits per heavy atom. The van der Waals surface area contributed by atoms with Crippen molar-refractivity contribution >= 4 is 85.1 Å². The number of hydrogen-bond acceptors (Lipinski definition) is 14. The van der Waals surface area contributed by atoms with Crippen LogP contribution in [-0.2, 0) is 34.0 Å². The van der Waals surface area contributed by atoms with Crippen LogP contribution in [0, 0.1) is 6.92 Å². The van der Waals surface area contributed by atoms with Gasteiger partial charge >= 0.3 is 5.97 Å². The summed E-state index contributed by atoms with van der Waals surface area (Å²) in [5, 5.41) is 13.4. The van der Waals surface area contributed by atoms with Gasteiger partial charge in [-0.15, -0.1) is 0 Å². The van der Waals surface area contributed by atoms with E-state index in [1.807, 2.05) is 23.0 Å². The topological polar surface area (TPSA) is 255 Å². The number of nitrogens with zero attached hydrogens (tertiary/aromatic N) is 6. The molecule has 332 valence electrons. The van der Waals surface area contributed by atoms with Crippen LogP contribution in [0.2, 0.25) is 0 Å². The number of fused-ring (bicyclic) bond motifs is 2. The molecule has 0 aliphatic heterocycles. The smallest absolute Gasteiger partial charge is 0.333 e. The Balaban J connectivity index is 1.31. The third kappa shape index (κ3) is 11.8. The summed E-state index contributed by atoms with van der Waals surface area (Å²) in [5.74, 6) is 0.567. The maximum Gasteiger partial charge on any atom is 0.333 e. The molecule has 2 aromatic carbocycles. The lowest BCUT2D eigenvalue weighted by molar-refractivity contribution is -0.138. The lowest BCUT2D eigenvalue weighted by Crippen LogP contribution is -2.25. The number of carbonyl (C=O) groups excluding carboxylic acids is 5. The molecule has 0 aliphatic rings. The number of anilines is 2. The molecule has 0 aliphatic carbocycles. The Hall–Kier alpha value is -6.22. The predicted molar refractivity (Wildman–Crippen MR) is 241 cm³/mol. The number of primary amides is 2. The van der Waals surface area contributed by atoms with E-state index in [2.05, 4.69) is 32.6 Å². The number of benzene rings is 2. The van der Waals surface area contributed by atoms with Gasteiger partial charge in [-0.05, 0) is 70.4 Å². The highest BCUT2D eigenvalue weighted by molar-refractivity contribution is 8.76. The number of nitrogens with one attached hydrogen (secondary N) is 3. The van der Waals surface area contributed by atoms with E-state index in [0.717, 1.165) is 0 Å². The summed E-state index contributed by atoms with van der Waals surface area (Å²) < 4.78 is 22.4. The van der Waals surface area contributed by atoms with Crippen LogP contribution < -0.4 is 36.9 Å². The number of amides is 4. The minimum Gasteiger partial charge on any atom is -0.494 e. The van der Waals surface area contributed by atoms with E-state index >= 15 is 0 Å². The largest absolute Gasteiger partial charge is 0.494 e. The molecule has 0 unspecified atom stereocenters. The second-order valence-corrected chi connectivity index (χ2v) is 16.8. The van der Waals surface area contributed by atoms with Gasteiger partial charge in [-0.25, -0.2) is 14.8 Å². The van der Waals surface area contributed by atoms with Crippen LogP contribution in [0.15, 0.2) is 42.5 Å². The molecule has 7 N–H and O–H groups in total. The second kappa shape index (κ2) is 22.0. The number of carbonyl (C=O) groups is 5. The van der Waals surface area contributed by atoms with E-state index in [1.165, 1.54) is 28.7 Å². The van der Waals surface area contributed by atoms with Crippen LogP contribution in [0.4, 0.5) is 11.9 Å². The zero-order chi connectivity index (χ0) is 44.9. The number of esters is 1. The monoisotopic (exact) mass is 891 g/mol. The third-order valence-corrected chi connectivity index (χ3v) is 11.8. The number of nitrogens with two attached hydrogens (primary N) is 2. The van der Waals surface area contributed by atoms with Gasteiger partial charge in [0.25, 0.3) is 5.91 Å². The van der Waals surface area contributed by atoms with Gasteiger partial charge < -0.3 is 45.4 Å². The molecule has 4 amide bonds. The van der Waals surface area contributed by atoms with E-state index < -0.39 is 23.7 Å². The van der Waals surface area contributed by atoms with Crippen LogP contribution in [0.1, 0.15) is 76.4 Å². The van der Waals surface area contributed by atoms with Gasteiger partial charge in [-0.3, -0.25) is 29.2 Å². The molecule has 3 heterocycles. The van der Waals surface area contributed by atoms with Crippen molar-refractivity contribution in [3.05, 3.63) is 65.0 Å². The number of hydrogen-bond donors (Lipinski definition) is 5. The Kier molecular flexibility index (Phi) is 16.7. The predicted octanol–water partition coefficient (Wildman–Crippen LogP) is 4.67. The van der Waals surface area contributed by atoms with Gasteiger partial charge in [0.15, 0.2) is 0 Å². The van der Waals surface area contributed by atoms with Crippen molar-refractivity contribution in [2.45, 2.75) is 66.1 Å². The number of aryl methyl sites for hydroxylation is 4. The van der Waals surface area contributed by atoms with E-state index in [-0.39, 0.29) is 36.2 Å².